The summed E-state index contributed by atoms with van der Waals surface area (Å²) in [4.78, 5) is 11.6. The van der Waals surface area contributed by atoms with Crippen LogP contribution in [0.2, 0.25) is 0 Å². The summed E-state index contributed by atoms with van der Waals surface area (Å²) in [5.74, 6) is -1.06. The number of nitriles is 1. The van der Waals surface area contributed by atoms with E-state index in [1.807, 2.05) is 6.92 Å². The minimum absolute atomic E-state index is 0.102. The molecule has 0 saturated heterocycles. The monoisotopic (exact) mass is 325 g/mol. The molecule has 100 valence electrons. The summed E-state index contributed by atoms with van der Waals surface area (Å²) in [6.07, 6.45) is 3.04. The Morgan fingerprint density at radius 1 is 1.58 bits per heavy atom. The van der Waals surface area contributed by atoms with E-state index in [1.165, 1.54) is 24.3 Å². The fourth-order valence-corrected chi connectivity index (χ4v) is 1.69. The highest BCUT2D eigenvalue weighted by molar-refractivity contribution is 9.10. The Labute approximate surface area is 119 Å². The van der Waals surface area contributed by atoms with Crippen molar-refractivity contribution in [3.63, 3.8) is 0 Å². The van der Waals surface area contributed by atoms with E-state index in [9.17, 15) is 9.18 Å². The first kappa shape index (κ1) is 15.4. The van der Waals surface area contributed by atoms with Crippen LogP contribution < -0.4 is 0 Å². The maximum Gasteiger partial charge on any atom is 0.348 e. The maximum atomic E-state index is 13.1. The van der Waals surface area contributed by atoms with Crippen LogP contribution in [0.3, 0.4) is 0 Å². The summed E-state index contributed by atoms with van der Waals surface area (Å²) in [5.41, 5.74) is 0.451. The highest BCUT2D eigenvalue weighted by Crippen LogP contribution is 2.18. The van der Waals surface area contributed by atoms with Crippen LogP contribution in [0.4, 0.5) is 4.39 Å². The molecule has 0 unspecified atom stereocenters. The summed E-state index contributed by atoms with van der Waals surface area (Å²) < 4.78 is 18.3. The lowest BCUT2D eigenvalue weighted by Crippen LogP contribution is -2.07. The van der Waals surface area contributed by atoms with Gasteiger partial charge in [-0.3, -0.25) is 0 Å². The number of unbranched alkanes of at least 4 members (excludes halogenated alkanes) is 1. The largest absolute Gasteiger partial charge is 0.462 e. The van der Waals surface area contributed by atoms with E-state index in [0.29, 0.717) is 12.2 Å². The van der Waals surface area contributed by atoms with Crippen LogP contribution in [0.25, 0.3) is 6.08 Å². The first-order valence-corrected chi connectivity index (χ1v) is 6.61. The number of hydrogen-bond acceptors (Lipinski definition) is 3. The molecule has 0 amide bonds. The van der Waals surface area contributed by atoms with Gasteiger partial charge in [-0.05, 0) is 46.1 Å². The number of halogens is 2. The number of esters is 1. The zero-order chi connectivity index (χ0) is 14.3. The fraction of sp³-hybridized carbons (Fsp3) is 0.286. The van der Waals surface area contributed by atoms with Gasteiger partial charge in [0.2, 0.25) is 0 Å². The van der Waals surface area contributed by atoms with Gasteiger partial charge in [-0.15, -0.1) is 0 Å². The molecule has 1 aromatic rings. The smallest absolute Gasteiger partial charge is 0.348 e. The topological polar surface area (TPSA) is 50.1 Å². The van der Waals surface area contributed by atoms with E-state index in [-0.39, 0.29) is 10.0 Å². The summed E-state index contributed by atoms with van der Waals surface area (Å²) in [7, 11) is 0. The van der Waals surface area contributed by atoms with Crippen molar-refractivity contribution in [2.24, 2.45) is 0 Å². The van der Waals surface area contributed by atoms with Crippen molar-refractivity contribution in [1.29, 1.82) is 5.26 Å². The predicted octanol–water partition coefficient (Wildman–Crippen LogP) is 3.84. The second-order valence-electron chi connectivity index (χ2n) is 3.83. The number of carbonyl (C=O) groups is 1. The average molecular weight is 326 g/mol. The molecule has 0 saturated carbocycles. The highest BCUT2D eigenvalue weighted by Gasteiger charge is 2.10. The van der Waals surface area contributed by atoms with Crippen LogP contribution in [0.1, 0.15) is 25.3 Å². The zero-order valence-corrected chi connectivity index (χ0v) is 12.0. The molecule has 0 aromatic heterocycles. The molecule has 1 aromatic carbocycles. The van der Waals surface area contributed by atoms with Crippen LogP contribution in [0, 0.1) is 17.1 Å². The van der Waals surface area contributed by atoms with Crippen LogP contribution in [0.5, 0.6) is 0 Å². The molecule has 19 heavy (non-hydrogen) atoms. The molecule has 3 nitrogen and oxygen atoms in total. The molecule has 0 heterocycles. The van der Waals surface area contributed by atoms with Crippen LogP contribution in [0.15, 0.2) is 28.2 Å². The van der Waals surface area contributed by atoms with Gasteiger partial charge < -0.3 is 4.74 Å². The number of benzene rings is 1. The van der Waals surface area contributed by atoms with E-state index in [1.54, 1.807) is 6.07 Å². The van der Waals surface area contributed by atoms with Crippen molar-refractivity contribution in [3.8, 4) is 6.07 Å². The Hall–Kier alpha value is -1.67. The molecule has 0 radical (unpaired) electrons. The quantitative estimate of drug-likeness (QED) is 0.357. The van der Waals surface area contributed by atoms with Crippen molar-refractivity contribution >= 4 is 28.0 Å². The third-order valence-corrected chi connectivity index (χ3v) is 2.93. The van der Waals surface area contributed by atoms with Gasteiger partial charge in [-0.2, -0.15) is 5.26 Å². The summed E-state index contributed by atoms with van der Waals surface area (Å²) >= 11 is 3.04. The number of ether oxygens (including phenoxy) is 1. The average Bonchev–Trinajstić information content (AvgIpc) is 2.40. The lowest BCUT2D eigenvalue weighted by molar-refractivity contribution is -0.138. The van der Waals surface area contributed by atoms with Crippen LogP contribution in [-0.2, 0) is 9.53 Å². The zero-order valence-electron chi connectivity index (χ0n) is 10.5. The van der Waals surface area contributed by atoms with E-state index < -0.39 is 11.8 Å². The van der Waals surface area contributed by atoms with Gasteiger partial charge in [-0.25, -0.2) is 9.18 Å². The molecule has 0 aliphatic heterocycles. The fourth-order valence-electron chi connectivity index (χ4n) is 1.29. The van der Waals surface area contributed by atoms with Crippen molar-refractivity contribution in [3.05, 3.63) is 39.6 Å². The molecule has 0 aliphatic rings. The van der Waals surface area contributed by atoms with Crippen molar-refractivity contribution in [1.82, 2.24) is 0 Å². The van der Waals surface area contributed by atoms with Crippen molar-refractivity contribution < 1.29 is 13.9 Å². The summed E-state index contributed by atoms with van der Waals surface area (Å²) in [6, 6.07) is 6.02. The van der Waals surface area contributed by atoms with Crippen molar-refractivity contribution in [2.75, 3.05) is 6.61 Å². The maximum absolute atomic E-state index is 13.1. The normalized spacial score (nSPS) is 10.9. The van der Waals surface area contributed by atoms with E-state index in [2.05, 4.69) is 15.9 Å². The lowest BCUT2D eigenvalue weighted by atomic mass is 10.1. The molecule has 0 N–H and O–H groups in total. The molecule has 0 fully saturated rings. The Morgan fingerprint density at radius 3 is 2.89 bits per heavy atom. The Kier molecular flexibility index (Phi) is 6.23. The van der Waals surface area contributed by atoms with E-state index >= 15 is 0 Å². The molecule has 0 bridgehead atoms. The first-order valence-electron chi connectivity index (χ1n) is 5.82. The number of rotatable bonds is 5. The van der Waals surface area contributed by atoms with Crippen LogP contribution in [-0.4, -0.2) is 12.6 Å². The van der Waals surface area contributed by atoms with E-state index in [0.717, 1.165) is 12.8 Å². The second-order valence-corrected chi connectivity index (χ2v) is 4.69. The minimum Gasteiger partial charge on any atom is -0.462 e. The van der Waals surface area contributed by atoms with Gasteiger partial charge in [0.15, 0.2) is 0 Å². The molecule has 0 atom stereocenters. The Balaban J connectivity index is 2.84. The highest BCUT2D eigenvalue weighted by atomic mass is 79.9. The molecule has 0 aliphatic carbocycles. The number of nitrogens with zero attached hydrogens (tertiary/aromatic N) is 1. The molecule has 0 spiro atoms. The van der Waals surface area contributed by atoms with Gasteiger partial charge >= 0.3 is 5.97 Å². The van der Waals surface area contributed by atoms with Crippen LogP contribution >= 0.6 is 15.9 Å². The number of hydrogen-bond donors (Lipinski definition) is 0. The Bertz CT molecular complexity index is 535. The standard InChI is InChI=1S/C14H13BrFNO2/c1-2-3-6-19-14(18)11(9-17)7-10-4-5-13(16)12(15)8-10/h4-5,7-8H,2-3,6H2,1H3/b11-7-. The minimum atomic E-state index is -0.656. The first-order chi connectivity index (χ1) is 9.08. The molecular formula is C14H13BrFNO2. The molecule has 1 rings (SSSR count). The third kappa shape index (κ3) is 4.84. The van der Waals surface area contributed by atoms with Gasteiger partial charge in [0, 0.05) is 0 Å². The van der Waals surface area contributed by atoms with Gasteiger partial charge in [-0.1, -0.05) is 19.4 Å². The van der Waals surface area contributed by atoms with E-state index in [4.69, 9.17) is 10.00 Å². The third-order valence-electron chi connectivity index (χ3n) is 2.33. The molecular weight excluding hydrogens is 313 g/mol. The summed E-state index contributed by atoms with van der Waals surface area (Å²) in [5, 5.41) is 8.93. The summed E-state index contributed by atoms with van der Waals surface area (Å²) in [6.45, 7) is 2.27. The Morgan fingerprint density at radius 2 is 2.32 bits per heavy atom. The van der Waals surface area contributed by atoms with Gasteiger partial charge in [0.25, 0.3) is 0 Å². The lowest BCUT2D eigenvalue weighted by Gasteiger charge is -2.03. The van der Waals surface area contributed by atoms with Gasteiger partial charge in [0.1, 0.15) is 17.5 Å². The van der Waals surface area contributed by atoms with Crippen molar-refractivity contribution in [2.45, 2.75) is 19.8 Å². The number of carbonyl (C=O) groups excluding carboxylic acids is 1. The second kappa shape index (κ2) is 7.70. The van der Waals surface area contributed by atoms with Gasteiger partial charge in [0.05, 0.1) is 11.1 Å². The predicted molar refractivity (Wildman–Crippen MR) is 73.6 cm³/mol. The molecule has 5 heteroatoms. The SMILES string of the molecule is CCCCOC(=O)/C(C#N)=C\c1ccc(F)c(Br)c1.